The average molecular weight is 287 g/mol. The van der Waals surface area contributed by atoms with Crippen LogP contribution in [0.5, 0.6) is 0 Å². The van der Waals surface area contributed by atoms with Crippen molar-refractivity contribution in [2.75, 3.05) is 13.2 Å². The van der Waals surface area contributed by atoms with E-state index in [1.54, 1.807) is 0 Å². The van der Waals surface area contributed by atoms with Gasteiger partial charge in [0.2, 0.25) is 0 Å². The maximum absolute atomic E-state index is 12.3. The number of hydrogen-bond acceptors (Lipinski definition) is 3. The van der Waals surface area contributed by atoms with Crippen molar-refractivity contribution in [3.05, 3.63) is 34.6 Å². The molecule has 1 aliphatic carbocycles. The van der Waals surface area contributed by atoms with Crippen molar-refractivity contribution in [2.24, 2.45) is 5.41 Å². The number of aliphatic hydroxyl groups excluding tert-OH is 1. The van der Waals surface area contributed by atoms with E-state index in [2.05, 4.69) is 18.3 Å². The predicted octanol–water partition coefficient (Wildman–Crippen LogP) is 2.86. The molecule has 0 spiro atoms. The van der Waals surface area contributed by atoms with Crippen LogP contribution in [0.3, 0.4) is 0 Å². The van der Waals surface area contributed by atoms with Gasteiger partial charge in [0, 0.05) is 22.9 Å². The van der Waals surface area contributed by atoms with Crippen LogP contribution in [0.2, 0.25) is 0 Å². The van der Waals surface area contributed by atoms with E-state index >= 15 is 0 Å². The van der Waals surface area contributed by atoms with Crippen molar-refractivity contribution in [3.8, 4) is 0 Å². The minimum atomic E-state index is -0.196. The van der Waals surface area contributed by atoms with E-state index in [9.17, 15) is 9.90 Å². The molecule has 0 bridgehead atoms. The predicted molar refractivity (Wildman–Crippen MR) is 81.5 cm³/mol. The van der Waals surface area contributed by atoms with E-state index in [4.69, 9.17) is 4.42 Å². The highest BCUT2D eigenvalue weighted by Crippen LogP contribution is 2.44. The second kappa shape index (κ2) is 4.88. The summed E-state index contributed by atoms with van der Waals surface area (Å²) in [4.78, 5) is 12.3. The Hall–Kier alpha value is -1.81. The minimum absolute atomic E-state index is 0.0945. The van der Waals surface area contributed by atoms with Gasteiger partial charge in [-0.25, -0.2) is 0 Å². The zero-order chi connectivity index (χ0) is 15.2. The van der Waals surface area contributed by atoms with Crippen LogP contribution in [-0.2, 0) is 0 Å². The van der Waals surface area contributed by atoms with Crippen molar-refractivity contribution in [1.29, 1.82) is 0 Å². The number of carbonyl (C=O) groups is 1. The third-order valence-corrected chi connectivity index (χ3v) is 4.68. The third-order valence-electron chi connectivity index (χ3n) is 4.68. The highest BCUT2D eigenvalue weighted by atomic mass is 16.3. The van der Waals surface area contributed by atoms with E-state index in [0.29, 0.717) is 12.3 Å². The second-order valence-corrected chi connectivity index (χ2v) is 6.33. The van der Waals surface area contributed by atoms with Gasteiger partial charge < -0.3 is 14.8 Å². The lowest BCUT2D eigenvalue weighted by Crippen LogP contribution is -2.31. The van der Waals surface area contributed by atoms with Crippen LogP contribution in [0.1, 0.15) is 40.1 Å². The van der Waals surface area contributed by atoms with Crippen molar-refractivity contribution in [2.45, 2.75) is 33.6 Å². The molecule has 2 N–H and O–H groups in total. The van der Waals surface area contributed by atoms with Crippen molar-refractivity contribution in [1.82, 2.24) is 5.32 Å². The number of nitrogens with one attached hydrogen (secondary N) is 1. The molecule has 4 heteroatoms. The number of aryl methyl sites for hydroxylation is 3. The molecule has 2 aromatic rings. The fraction of sp³-hybridized carbons (Fsp3) is 0.471. The molecule has 0 saturated heterocycles. The highest BCUT2D eigenvalue weighted by Gasteiger charge is 2.42. The minimum Gasteiger partial charge on any atom is -0.451 e. The van der Waals surface area contributed by atoms with Gasteiger partial charge in [0.05, 0.1) is 6.61 Å². The number of fused-ring (bicyclic) bond motifs is 1. The molecule has 0 radical (unpaired) electrons. The summed E-state index contributed by atoms with van der Waals surface area (Å²) in [6.45, 7) is 6.64. The number of amides is 1. The molecular formula is C17H21NO3. The number of benzene rings is 1. The molecule has 1 heterocycles. The van der Waals surface area contributed by atoms with Gasteiger partial charge in [0.15, 0.2) is 5.76 Å². The number of carbonyl (C=O) groups excluding carboxylic acids is 1. The van der Waals surface area contributed by atoms with E-state index in [-0.39, 0.29) is 17.9 Å². The third kappa shape index (κ3) is 2.44. The van der Waals surface area contributed by atoms with Crippen LogP contribution in [-0.4, -0.2) is 24.2 Å². The van der Waals surface area contributed by atoms with E-state index in [1.807, 2.05) is 19.9 Å². The lowest BCUT2D eigenvalue weighted by molar-refractivity contribution is 0.0909. The van der Waals surface area contributed by atoms with Crippen LogP contribution in [0, 0.1) is 26.2 Å². The van der Waals surface area contributed by atoms with Crippen LogP contribution in [0.4, 0.5) is 0 Å². The lowest BCUT2D eigenvalue weighted by Gasteiger charge is -2.11. The average Bonchev–Trinajstić information content (AvgIpc) is 3.19. The van der Waals surface area contributed by atoms with Gasteiger partial charge in [-0.3, -0.25) is 4.79 Å². The van der Waals surface area contributed by atoms with E-state index in [0.717, 1.165) is 34.9 Å². The van der Waals surface area contributed by atoms with Gasteiger partial charge in [-0.05, 0) is 56.9 Å². The largest absolute Gasteiger partial charge is 0.451 e. The SMILES string of the molecule is Cc1cc2oc(C(=O)NCC3(CO)CC3)c(C)c2cc1C. The molecule has 0 aliphatic heterocycles. The summed E-state index contributed by atoms with van der Waals surface area (Å²) in [7, 11) is 0. The van der Waals surface area contributed by atoms with E-state index in [1.165, 1.54) is 5.56 Å². The zero-order valence-electron chi connectivity index (χ0n) is 12.7. The van der Waals surface area contributed by atoms with Crippen molar-refractivity contribution >= 4 is 16.9 Å². The summed E-state index contributed by atoms with van der Waals surface area (Å²) in [5.41, 5.74) is 3.88. The molecule has 1 fully saturated rings. The highest BCUT2D eigenvalue weighted by molar-refractivity contribution is 5.99. The Morgan fingerprint density at radius 3 is 2.57 bits per heavy atom. The molecule has 1 aromatic heterocycles. The number of hydrogen-bond donors (Lipinski definition) is 2. The topological polar surface area (TPSA) is 62.5 Å². The number of furan rings is 1. The van der Waals surface area contributed by atoms with Crippen LogP contribution < -0.4 is 5.32 Å². The molecular weight excluding hydrogens is 266 g/mol. The van der Waals surface area contributed by atoms with Crippen LogP contribution in [0.25, 0.3) is 11.0 Å². The molecule has 21 heavy (non-hydrogen) atoms. The second-order valence-electron chi connectivity index (χ2n) is 6.33. The van der Waals surface area contributed by atoms with Crippen LogP contribution >= 0.6 is 0 Å². The summed E-state index contributed by atoms with van der Waals surface area (Å²) < 4.78 is 5.74. The first-order valence-corrected chi connectivity index (χ1v) is 7.35. The maximum Gasteiger partial charge on any atom is 0.287 e. The lowest BCUT2D eigenvalue weighted by atomic mass is 10.0. The molecule has 0 unspecified atom stereocenters. The summed E-state index contributed by atoms with van der Waals surface area (Å²) in [5.74, 6) is 0.183. The number of rotatable bonds is 4. The van der Waals surface area contributed by atoms with Gasteiger partial charge >= 0.3 is 0 Å². The Bertz CT molecular complexity index is 710. The van der Waals surface area contributed by atoms with Crippen LogP contribution in [0.15, 0.2) is 16.5 Å². The van der Waals surface area contributed by atoms with Crippen molar-refractivity contribution in [3.63, 3.8) is 0 Å². The van der Waals surface area contributed by atoms with E-state index < -0.39 is 0 Å². The first-order valence-electron chi connectivity index (χ1n) is 7.35. The normalized spacial score (nSPS) is 16.2. The van der Waals surface area contributed by atoms with Gasteiger partial charge in [0.1, 0.15) is 5.58 Å². The molecule has 1 aromatic carbocycles. The Morgan fingerprint density at radius 1 is 1.29 bits per heavy atom. The van der Waals surface area contributed by atoms with Gasteiger partial charge in [-0.1, -0.05) is 0 Å². The fourth-order valence-corrected chi connectivity index (χ4v) is 2.61. The Morgan fingerprint density at radius 2 is 1.95 bits per heavy atom. The first-order chi connectivity index (χ1) is 9.96. The molecule has 112 valence electrons. The van der Waals surface area contributed by atoms with Crippen molar-refractivity contribution < 1.29 is 14.3 Å². The standard InChI is InChI=1S/C17H21NO3/c1-10-6-13-12(3)15(21-14(13)7-11(10)2)16(20)18-8-17(9-19)4-5-17/h6-7,19H,4-5,8-9H2,1-3H3,(H,18,20). The smallest absolute Gasteiger partial charge is 0.287 e. The van der Waals surface area contributed by atoms with Gasteiger partial charge in [-0.2, -0.15) is 0 Å². The zero-order valence-corrected chi connectivity index (χ0v) is 12.7. The first kappa shape index (κ1) is 14.1. The molecule has 0 atom stereocenters. The van der Waals surface area contributed by atoms with Gasteiger partial charge in [0.25, 0.3) is 5.91 Å². The quantitative estimate of drug-likeness (QED) is 0.909. The summed E-state index contributed by atoms with van der Waals surface area (Å²) in [6.07, 6.45) is 1.95. The molecule has 4 nitrogen and oxygen atoms in total. The Labute approximate surface area is 124 Å². The Kier molecular flexibility index (Phi) is 3.29. The molecule has 1 saturated carbocycles. The molecule has 3 rings (SSSR count). The molecule has 1 amide bonds. The maximum atomic E-state index is 12.3. The number of aliphatic hydroxyl groups is 1. The molecule has 1 aliphatic rings. The Balaban J connectivity index is 1.86. The summed E-state index contributed by atoms with van der Waals surface area (Å²) in [5, 5.41) is 13.2. The van der Waals surface area contributed by atoms with Gasteiger partial charge in [-0.15, -0.1) is 0 Å². The fourth-order valence-electron chi connectivity index (χ4n) is 2.61. The summed E-state index contributed by atoms with van der Waals surface area (Å²) >= 11 is 0. The monoisotopic (exact) mass is 287 g/mol. The summed E-state index contributed by atoms with van der Waals surface area (Å²) in [6, 6.07) is 4.04.